The number of nitro benzene ring substituents is 1. The largest absolute Gasteiger partial charge is 0.448 e. The predicted molar refractivity (Wildman–Crippen MR) is 103 cm³/mol. The first-order valence-electron chi connectivity index (χ1n) is 7.79. The number of carbonyl (C=O) groups is 2. The highest BCUT2D eigenvalue weighted by molar-refractivity contribution is 7.20. The van der Waals surface area contributed by atoms with Gasteiger partial charge in [0.15, 0.2) is 6.10 Å². The molecule has 0 aliphatic heterocycles. The number of rotatable bonds is 5. The fourth-order valence-corrected chi connectivity index (χ4v) is 3.44. The Kier molecular flexibility index (Phi) is 5.38. The number of hydrogen-bond acceptors (Lipinski definition) is 6. The second-order valence-electron chi connectivity index (χ2n) is 5.64. The third-order valence-corrected chi connectivity index (χ3v) is 4.99. The van der Waals surface area contributed by atoms with E-state index in [-0.39, 0.29) is 10.6 Å². The Morgan fingerprint density at radius 3 is 2.70 bits per heavy atom. The van der Waals surface area contributed by atoms with E-state index in [0.29, 0.717) is 20.8 Å². The normalized spacial score (nSPS) is 11.8. The van der Waals surface area contributed by atoms with Crippen molar-refractivity contribution in [2.24, 2.45) is 0 Å². The monoisotopic (exact) mass is 404 g/mol. The lowest BCUT2D eigenvalue weighted by atomic mass is 10.2. The van der Waals surface area contributed by atoms with Gasteiger partial charge in [-0.15, -0.1) is 11.3 Å². The summed E-state index contributed by atoms with van der Waals surface area (Å²) in [6.07, 6.45) is -1.03. The summed E-state index contributed by atoms with van der Waals surface area (Å²) in [6.45, 7) is 1.45. The molecule has 2 aromatic carbocycles. The van der Waals surface area contributed by atoms with Crippen LogP contribution in [0.5, 0.6) is 0 Å². The van der Waals surface area contributed by atoms with Crippen molar-refractivity contribution in [3.8, 4) is 0 Å². The molecule has 0 fully saturated rings. The van der Waals surface area contributed by atoms with Crippen LogP contribution in [-0.4, -0.2) is 22.9 Å². The topological polar surface area (TPSA) is 98.5 Å². The number of nitrogens with one attached hydrogen (secondary N) is 1. The van der Waals surface area contributed by atoms with Crippen molar-refractivity contribution < 1.29 is 19.2 Å². The Morgan fingerprint density at radius 2 is 2.00 bits per heavy atom. The van der Waals surface area contributed by atoms with Gasteiger partial charge in [-0.1, -0.05) is 17.7 Å². The molecule has 0 radical (unpaired) electrons. The fourth-order valence-electron chi connectivity index (χ4n) is 2.33. The summed E-state index contributed by atoms with van der Waals surface area (Å²) in [5.74, 6) is -1.17. The smallest absolute Gasteiger partial charge is 0.349 e. The highest BCUT2D eigenvalue weighted by Crippen LogP contribution is 2.29. The molecular formula is C18H13ClN2O5S. The molecule has 1 amide bonds. The molecular weight excluding hydrogens is 392 g/mol. The van der Waals surface area contributed by atoms with Gasteiger partial charge in [-0.2, -0.15) is 0 Å². The summed E-state index contributed by atoms with van der Waals surface area (Å²) in [4.78, 5) is 35.1. The van der Waals surface area contributed by atoms with Crippen LogP contribution in [0.25, 0.3) is 10.1 Å². The highest BCUT2D eigenvalue weighted by atomic mass is 35.5. The molecule has 0 aliphatic rings. The zero-order chi connectivity index (χ0) is 19.6. The average molecular weight is 405 g/mol. The number of halogens is 1. The van der Waals surface area contributed by atoms with Crippen LogP contribution in [0.2, 0.25) is 5.02 Å². The first-order chi connectivity index (χ1) is 12.8. The fraction of sp³-hybridized carbons (Fsp3) is 0.111. The quantitative estimate of drug-likeness (QED) is 0.379. The molecule has 1 aromatic heterocycles. The number of thiophene rings is 1. The lowest BCUT2D eigenvalue weighted by Gasteiger charge is -2.13. The first kappa shape index (κ1) is 18.8. The summed E-state index contributed by atoms with van der Waals surface area (Å²) in [5, 5.41) is 14.5. The molecule has 0 saturated heterocycles. The third-order valence-electron chi connectivity index (χ3n) is 3.66. The van der Waals surface area contributed by atoms with E-state index < -0.39 is 22.9 Å². The van der Waals surface area contributed by atoms with E-state index in [2.05, 4.69) is 5.32 Å². The van der Waals surface area contributed by atoms with Crippen molar-refractivity contribution >= 4 is 56.3 Å². The van der Waals surface area contributed by atoms with Gasteiger partial charge in [-0.05, 0) is 37.3 Å². The molecule has 27 heavy (non-hydrogen) atoms. The molecule has 0 aliphatic carbocycles. The van der Waals surface area contributed by atoms with Crippen LogP contribution in [-0.2, 0) is 9.53 Å². The van der Waals surface area contributed by atoms with Crippen molar-refractivity contribution in [2.75, 3.05) is 5.32 Å². The van der Waals surface area contributed by atoms with E-state index in [9.17, 15) is 19.7 Å². The van der Waals surface area contributed by atoms with Gasteiger partial charge in [0.1, 0.15) is 4.88 Å². The predicted octanol–water partition coefficient (Wildman–Crippen LogP) is 4.65. The summed E-state index contributed by atoms with van der Waals surface area (Å²) in [6, 6.07) is 12.4. The van der Waals surface area contributed by atoms with Crippen LogP contribution in [0, 0.1) is 10.1 Å². The van der Waals surface area contributed by atoms with Gasteiger partial charge in [0.2, 0.25) is 0 Å². The van der Waals surface area contributed by atoms with Crippen LogP contribution in [0.3, 0.4) is 0 Å². The van der Waals surface area contributed by atoms with E-state index in [1.54, 1.807) is 30.3 Å². The zero-order valence-electron chi connectivity index (χ0n) is 14.0. The molecule has 0 bridgehead atoms. The van der Waals surface area contributed by atoms with Gasteiger partial charge >= 0.3 is 5.97 Å². The number of nitrogens with zero attached hydrogens (tertiary/aromatic N) is 1. The van der Waals surface area contributed by atoms with E-state index in [1.807, 2.05) is 0 Å². The van der Waals surface area contributed by atoms with Crippen LogP contribution < -0.4 is 5.32 Å². The molecule has 0 saturated carbocycles. The number of nitro groups is 1. The number of anilines is 1. The van der Waals surface area contributed by atoms with Crippen LogP contribution in [0.4, 0.5) is 11.4 Å². The molecule has 7 nitrogen and oxygen atoms in total. The van der Waals surface area contributed by atoms with Crippen molar-refractivity contribution in [1.82, 2.24) is 0 Å². The van der Waals surface area contributed by atoms with Gasteiger partial charge in [0.25, 0.3) is 11.6 Å². The maximum absolute atomic E-state index is 12.3. The number of amides is 1. The average Bonchev–Trinajstić information content (AvgIpc) is 3.05. The van der Waals surface area contributed by atoms with Crippen molar-refractivity contribution in [3.05, 3.63) is 68.5 Å². The summed E-state index contributed by atoms with van der Waals surface area (Å²) in [7, 11) is 0. The molecule has 1 heterocycles. The Hall–Kier alpha value is -2.97. The lowest BCUT2D eigenvalue weighted by Crippen LogP contribution is -2.29. The van der Waals surface area contributed by atoms with Crippen molar-refractivity contribution in [3.63, 3.8) is 0 Å². The Bertz CT molecular complexity index is 1050. The standard InChI is InChI=1S/C18H13ClN2O5S/c1-10(17(22)20-13-4-2-3-12(19)9-13)26-18(23)16-8-11-7-14(21(24)25)5-6-15(11)27-16/h2-10H,1H3,(H,20,22)/t10-/m1/s1. The maximum atomic E-state index is 12.3. The molecule has 0 unspecified atom stereocenters. The highest BCUT2D eigenvalue weighted by Gasteiger charge is 2.21. The van der Waals surface area contributed by atoms with E-state index in [4.69, 9.17) is 16.3 Å². The van der Waals surface area contributed by atoms with Crippen molar-refractivity contribution in [2.45, 2.75) is 13.0 Å². The Labute approximate surface area is 162 Å². The van der Waals surface area contributed by atoms with Gasteiger partial charge < -0.3 is 10.1 Å². The summed E-state index contributed by atoms with van der Waals surface area (Å²) < 4.78 is 5.91. The number of hydrogen-bond donors (Lipinski definition) is 1. The minimum absolute atomic E-state index is 0.0607. The number of carbonyl (C=O) groups excluding carboxylic acids is 2. The van der Waals surface area contributed by atoms with E-state index >= 15 is 0 Å². The minimum Gasteiger partial charge on any atom is -0.448 e. The second kappa shape index (κ2) is 7.73. The van der Waals surface area contributed by atoms with Crippen LogP contribution >= 0.6 is 22.9 Å². The Morgan fingerprint density at radius 1 is 1.22 bits per heavy atom. The van der Waals surface area contributed by atoms with Crippen LogP contribution in [0.1, 0.15) is 16.6 Å². The first-order valence-corrected chi connectivity index (χ1v) is 8.98. The van der Waals surface area contributed by atoms with Gasteiger partial charge in [-0.25, -0.2) is 4.79 Å². The Balaban J connectivity index is 1.69. The number of ether oxygens (including phenoxy) is 1. The number of benzene rings is 2. The SMILES string of the molecule is C[C@@H](OC(=O)c1cc2cc([N+](=O)[O-])ccc2s1)C(=O)Nc1cccc(Cl)c1. The third kappa shape index (κ3) is 4.42. The molecule has 3 aromatic rings. The molecule has 1 N–H and O–H groups in total. The summed E-state index contributed by atoms with van der Waals surface area (Å²) >= 11 is 7.00. The van der Waals surface area contributed by atoms with Crippen LogP contribution in [0.15, 0.2) is 48.5 Å². The molecule has 3 rings (SSSR count). The van der Waals surface area contributed by atoms with Gasteiger partial charge in [0.05, 0.1) is 4.92 Å². The molecule has 1 atom stereocenters. The zero-order valence-corrected chi connectivity index (χ0v) is 15.5. The number of fused-ring (bicyclic) bond motifs is 1. The number of esters is 1. The van der Waals surface area contributed by atoms with Crippen molar-refractivity contribution in [1.29, 1.82) is 0 Å². The molecule has 0 spiro atoms. The van der Waals surface area contributed by atoms with E-state index in [1.165, 1.54) is 25.1 Å². The van der Waals surface area contributed by atoms with E-state index in [0.717, 1.165) is 11.3 Å². The van der Waals surface area contributed by atoms with Gasteiger partial charge in [0, 0.05) is 32.9 Å². The molecule has 138 valence electrons. The minimum atomic E-state index is -1.03. The number of non-ortho nitro benzene ring substituents is 1. The maximum Gasteiger partial charge on any atom is 0.349 e. The van der Waals surface area contributed by atoms with Gasteiger partial charge in [-0.3, -0.25) is 14.9 Å². The summed E-state index contributed by atoms with van der Waals surface area (Å²) in [5.41, 5.74) is 0.430. The second-order valence-corrected chi connectivity index (χ2v) is 7.16. The lowest BCUT2D eigenvalue weighted by molar-refractivity contribution is -0.384. The molecule has 9 heteroatoms.